The summed E-state index contributed by atoms with van der Waals surface area (Å²) in [6.45, 7) is 6.60. The lowest BCUT2D eigenvalue weighted by molar-refractivity contribution is 0.101. The Balaban J connectivity index is 3.01. The number of H-pyrrole nitrogens is 1. The second kappa shape index (κ2) is 5.78. The van der Waals surface area contributed by atoms with Crippen LogP contribution in [0.2, 0.25) is 0 Å². The summed E-state index contributed by atoms with van der Waals surface area (Å²) < 4.78 is 35.7. The number of carbonyl (C=O) groups is 1. The first-order valence-electron chi connectivity index (χ1n) is 6.90. The Hall–Kier alpha value is -2.19. The second-order valence-corrected chi connectivity index (χ2v) is 6.60. The average molecular weight is 339 g/mol. The van der Waals surface area contributed by atoms with E-state index in [9.17, 15) is 18.0 Å². The molecule has 0 radical (unpaired) electrons. The number of aromatic amines is 1. The molecule has 0 atom stereocenters. The van der Waals surface area contributed by atoms with Crippen LogP contribution in [-0.4, -0.2) is 23.7 Å². The molecule has 0 unspecified atom stereocenters. The second-order valence-electron chi connectivity index (χ2n) is 5.58. The maximum Gasteiger partial charge on any atom is 0.446 e. The van der Waals surface area contributed by atoms with Crippen molar-refractivity contribution in [1.29, 1.82) is 0 Å². The summed E-state index contributed by atoms with van der Waals surface area (Å²) in [4.78, 5) is 26.5. The number of hydrogen-bond acceptors (Lipinski definition) is 5. The van der Waals surface area contributed by atoms with Crippen LogP contribution in [0.5, 0.6) is 5.75 Å². The highest BCUT2D eigenvalue weighted by molar-refractivity contribution is 7.81. The van der Waals surface area contributed by atoms with E-state index in [1.54, 1.807) is 6.07 Å². The third-order valence-corrected chi connectivity index (χ3v) is 3.97. The van der Waals surface area contributed by atoms with Crippen molar-refractivity contribution < 1.29 is 21.9 Å². The highest BCUT2D eigenvalue weighted by Gasteiger charge is 2.21. The normalized spacial score (nSPS) is 11.9. The summed E-state index contributed by atoms with van der Waals surface area (Å²) in [6.07, 6.45) is 0. The number of nitrogens with one attached hydrogen (secondary N) is 1. The average Bonchev–Trinajstić information content (AvgIpc) is 2.35. The lowest BCUT2D eigenvalue weighted by Gasteiger charge is -2.15. The minimum absolute atomic E-state index is 0.0375. The number of rotatable bonds is 4. The van der Waals surface area contributed by atoms with Crippen molar-refractivity contribution in [2.45, 2.75) is 33.6 Å². The Morgan fingerprint density at radius 3 is 2.39 bits per heavy atom. The van der Waals surface area contributed by atoms with E-state index in [0.717, 1.165) is 5.56 Å². The molecule has 2 N–H and O–H groups in total. The third kappa shape index (κ3) is 3.27. The van der Waals surface area contributed by atoms with Gasteiger partial charge in [-0.1, -0.05) is 19.9 Å². The summed E-state index contributed by atoms with van der Waals surface area (Å²) in [5.41, 5.74) is 0.830. The molecule has 2 aromatic rings. The molecule has 0 saturated heterocycles. The first kappa shape index (κ1) is 17.2. The van der Waals surface area contributed by atoms with E-state index in [4.69, 9.17) is 4.55 Å². The van der Waals surface area contributed by atoms with Crippen molar-refractivity contribution in [3.8, 4) is 5.75 Å². The van der Waals surface area contributed by atoms with Gasteiger partial charge in [0.05, 0.1) is 11.1 Å². The van der Waals surface area contributed by atoms with Crippen molar-refractivity contribution in [1.82, 2.24) is 4.98 Å². The molecule has 0 spiro atoms. The zero-order valence-corrected chi connectivity index (χ0v) is 13.9. The van der Waals surface area contributed by atoms with E-state index in [-0.39, 0.29) is 22.6 Å². The maximum absolute atomic E-state index is 12.2. The molecule has 0 aliphatic rings. The van der Waals surface area contributed by atoms with Crippen LogP contribution in [0.25, 0.3) is 10.9 Å². The summed E-state index contributed by atoms with van der Waals surface area (Å²) in [6, 6.07) is 3.00. The van der Waals surface area contributed by atoms with E-state index < -0.39 is 21.7 Å². The minimum atomic E-state index is -4.74. The van der Waals surface area contributed by atoms with Gasteiger partial charge in [-0.05, 0) is 37.0 Å². The standard InChI is InChI=1S/C15H17NO6S/c1-7(2)10-5-6-11(22-23(19,20)21)13-8(3)12(9(4)17)15(18)16-14(10)13/h5-7H,1-4H3,(H,16,18)(H,19,20,21). The first-order chi connectivity index (χ1) is 10.5. The number of pyridine rings is 1. The van der Waals surface area contributed by atoms with E-state index >= 15 is 0 Å². The third-order valence-electron chi connectivity index (χ3n) is 3.58. The van der Waals surface area contributed by atoms with Gasteiger partial charge < -0.3 is 9.17 Å². The smallest absolute Gasteiger partial charge is 0.361 e. The van der Waals surface area contributed by atoms with Gasteiger partial charge in [-0.15, -0.1) is 0 Å². The quantitative estimate of drug-likeness (QED) is 0.653. The molecular formula is C15H17NO6S. The molecule has 0 saturated carbocycles. The van der Waals surface area contributed by atoms with Gasteiger partial charge in [0.15, 0.2) is 11.5 Å². The van der Waals surface area contributed by atoms with Crippen molar-refractivity contribution in [2.24, 2.45) is 0 Å². The minimum Gasteiger partial charge on any atom is -0.361 e. The highest BCUT2D eigenvalue weighted by atomic mass is 32.3. The summed E-state index contributed by atoms with van der Waals surface area (Å²) >= 11 is 0. The molecule has 0 aliphatic carbocycles. The molecule has 0 fully saturated rings. The molecular weight excluding hydrogens is 322 g/mol. The van der Waals surface area contributed by atoms with Crippen molar-refractivity contribution in [3.63, 3.8) is 0 Å². The molecule has 8 heteroatoms. The molecule has 1 aromatic heterocycles. The number of aromatic nitrogens is 1. The topological polar surface area (TPSA) is 114 Å². The Kier molecular flexibility index (Phi) is 4.32. The molecule has 7 nitrogen and oxygen atoms in total. The van der Waals surface area contributed by atoms with Gasteiger partial charge in [-0.25, -0.2) is 0 Å². The van der Waals surface area contributed by atoms with Crippen molar-refractivity contribution in [2.75, 3.05) is 0 Å². The zero-order valence-electron chi connectivity index (χ0n) is 13.1. The van der Waals surface area contributed by atoms with Gasteiger partial charge in [-0.2, -0.15) is 8.42 Å². The van der Waals surface area contributed by atoms with Gasteiger partial charge in [0.25, 0.3) is 5.56 Å². The van der Waals surface area contributed by atoms with Gasteiger partial charge in [0, 0.05) is 5.39 Å². The number of hydrogen-bond donors (Lipinski definition) is 2. The fourth-order valence-corrected chi connectivity index (χ4v) is 3.03. The molecule has 23 heavy (non-hydrogen) atoms. The number of carbonyl (C=O) groups excluding carboxylic acids is 1. The predicted octanol–water partition coefficient (Wildman–Crippen LogP) is 2.34. The van der Waals surface area contributed by atoms with Crippen molar-refractivity contribution in [3.05, 3.63) is 39.2 Å². The van der Waals surface area contributed by atoms with E-state index in [2.05, 4.69) is 9.17 Å². The largest absolute Gasteiger partial charge is 0.446 e. The fraction of sp³-hybridized carbons (Fsp3) is 0.333. The van der Waals surface area contributed by atoms with E-state index in [1.807, 2.05) is 13.8 Å². The highest BCUT2D eigenvalue weighted by Crippen LogP contribution is 2.34. The Morgan fingerprint density at radius 2 is 1.91 bits per heavy atom. The van der Waals surface area contributed by atoms with Gasteiger partial charge in [0.2, 0.25) is 0 Å². The number of ketones is 1. The number of aryl methyl sites for hydroxylation is 1. The van der Waals surface area contributed by atoms with E-state index in [1.165, 1.54) is 19.9 Å². The summed E-state index contributed by atoms with van der Waals surface area (Å²) in [5.74, 6) is -0.558. The Labute approximate surface area is 133 Å². The molecule has 0 bridgehead atoms. The zero-order chi connectivity index (χ0) is 17.5. The van der Waals surface area contributed by atoms with Gasteiger partial charge >= 0.3 is 10.4 Å². The molecule has 0 amide bonds. The van der Waals surface area contributed by atoms with Crippen LogP contribution in [0.1, 0.15) is 48.2 Å². The van der Waals surface area contributed by atoms with Crippen LogP contribution >= 0.6 is 0 Å². The first-order valence-corrected chi connectivity index (χ1v) is 8.26. The molecule has 124 valence electrons. The lowest BCUT2D eigenvalue weighted by atomic mass is 9.95. The predicted molar refractivity (Wildman–Crippen MR) is 85.6 cm³/mol. The molecule has 1 aromatic carbocycles. The summed E-state index contributed by atoms with van der Waals surface area (Å²) in [5, 5.41) is 0.277. The van der Waals surface area contributed by atoms with Crippen LogP contribution in [0.4, 0.5) is 0 Å². The van der Waals surface area contributed by atoms with Crippen LogP contribution < -0.4 is 9.74 Å². The SMILES string of the molecule is CC(=O)c1c(C)c2c(OS(=O)(=O)O)ccc(C(C)C)c2[nH]c1=O. The fourth-order valence-electron chi connectivity index (χ4n) is 2.67. The van der Waals surface area contributed by atoms with Crippen molar-refractivity contribution >= 4 is 27.1 Å². The van der Waals surface area contributed by atoms with E-state index in [0.29, 0.717) is 11.1 Å². The Bertz CT molecular complexity index is 956. The van der Waals surface area contributed by atoms with Crippen LogP contribution in [-0.2, 0) is 10.4 Å². The Morgan fingerprint density at radius 1 is 1.30 bits per heavy atom. The molecule has 1 heterocycles. The molecule has 2 rings (SSSR count). The maximum atomic E-state index is 12.2. The van der Waals surface area contributed by atoms with Crippen LogP contribution in [0, 0.1) is 6.92 Å². The number of benzene rings is 1. The summed E-state index contributed by atoms with van der Waals surface area (Å²) in [7, 11) is -4.74. The van der Waals surface area contributed by atoms with Crippen LogP contribution in [0.3, 0.4) is 0 Å². The van der Waals surface area contributed by atoms with Gasteiger partial charge in [-0.3, -0.25) is 14.1 Å². The van der Waals surface area contributed by atoms with Gasteiger partial charge in [0.1, 0.15) is 0 Å². The number of fused-ring (bicyclic) bond motifs is 1. The monoisotopic (exact) mass is 339 g/mol. The number of Topliss-reactive ketones (excluding diaryl/α,β-unsaturated/α-hetero) is 1. The van der Waals surface area contributed by atoms with Crippen LogP contribution in [0.15, 0.2) is 16.9 Å². The lowest BCUT2D eigenvalue weighted by Crippen LogP contribution is -2.19. The molecule has 0 aliphatic heterocycles.